The van der Waals surface area contributed by atoms with Crippen LogP contribution in [0, 0.1) is 6.92 Å². The van der Waals surface area contributed by atoms with Crippen molar-refractivity contribution in [2.24, 2.45) is 7.05 Å². The zero-order chi connectivity index (χ0) is 16.6. The van der Waals surface area contributed by atoms with Gasteiger partial charge in [0.25, 0.3) is 0 Å². The summed E-state index contributed by atoms with van der Waals surface area (Å²) in [4.78, 5) is 14.8. The van der Waals surface area contributed by atoms with Gasteiger partial charge >= 0.3 is 0 Å². The number of hydrogen-bond donors (Lipinski definition) is 1. The van der Waals surface area contributed by atoms with Gasteiger partial charge in [-0.15, -0.1) is 0 Å². The van der Waals surface area contributed by atoms with E-state index in [0.29, 0.717) is 6.54 Å². The van der Waals surface area contributed by atoms with Crippen molar-refractivity contribution in [3.05, 3.63) is 35.4 Å². The SMILES string of the molecule is Cc1cc(CN2Cc3ccnn3[C@@H](C(=O)NC(C)C)C2)n(C)n1. The molecule has 0 unspecified atom stereocenters. The summed E-state index contributed by atoms with van der Waals surface area (Å²) in [6.07, 6.45) is 1.77. The highest BCUT2D eigenvalue weighted by Gasteiger charge is 2.31. The van der Waals surface area contributed by atoms with E-state index in [-0.39, 0.29) is 18.0 Å². The molecule has 0 saturated heterocycles. The van der Waals surface area contributed by atoms with Crippen molar-refractivity contribution in [3.8, 4) is 0 Å². The Hall–Kier alpha value is -2.15. The molecule has 1 aliphatic heterocycles. The normalized spacial score (nSPS) is 18.2. The fraction of sp³-hybridized carbons (Fsp3) is 0.562. The number of aryl methyl sites for hydroxylation is 2. The maximum Gasteiger partial charge on any atom is 0.246 e. The van der Waals surface area contributed by atoms with Gasteiger partial charge in [-0.05, 0) is 32.9 Å². The molecule has 0 saturated carbocycles. The third-order valence-electron chi connectivity index (χ3n) is 4.08. The highest BCUT2D eigenvalue weighted by molar-refractivity contribution is 5.80. The van der Waals surface area contributed by atoms with Crippen LogP contribution in [0.5, 0.6) is 0 Å². The molecule has 1 amide bonds. The van der Waals surface area contributed by atoms with Crippen LogP contribution in [0.15, 0.2) is 18.3 Å². The van der Waals surface area contributed by atoms with Gasteiger partial charge in [0, 0.05) is 38.9 Å². The second-order valence-corrected chi connectivity index (χ2v) is 6.52. The molecule has 7 heteroatoms. The highest BCUT2D eigenvalue weighted by atomic mass is 16.2. The molecular weight excluding hydrogens is 292 g/mol. The number of carbonyl (C=O) groups is 1. The number of amides is 1. The van der Waals surface area contributed by atoms with Crippen molar-refractivity contribution in [2.45, 2.75) is 45.9 Å². The second-order valence-electron chi connectivity index (χ2n) is 6.52. The molecular formula is C16H24N6O. The minimum atomic E-state index is -0.287. The Bertz CT molecular complexity index is 701. The first-order valence-corrected chi connectivity index (χ1v) is 7.98. The number of rotatable bonds is 4. The Balaban J connectivity index is 1.80. The fourth-order valence-electron chi connectivity index (χ4n) is 3.10. The van der Waals surface area contributed by atoms with Crippen LogP contribution >= 0.6 is 0 Å². The van der Waals surface area contributed by atoms with E-state index in [4.69, 9.17) is 0 Å². The topological polar surface area (TPSA) is 68.0 Å². The van der Waals surface area contributed by atoms with Gasteiger partial charge < -0.3 is 5.32 Å². The Labute approximate surface area is 136 Å². The van der Waals surface area contributed by atoms with E-state index >= 15 is 0 Å². The fourth-order valence-corrected chi connectivity index (χ4v) is 3.10. The number of nitrogens with zero attached hydrogens (tertiary/aromatic N) is 5. The van der Waals surface area contributed by atoms with E-state index in [0.717, 1.165) is 30.2 Å². The summed E-state index contributed by atoms with van der Waals surface area (Å²) >= 11 is 0. The third-order valence-corrected chi connectivity index (χ3v) is 4.08. The van der Waals surface area contributed by atoms with Crippen LogP contribution in [0.4, 0.5) is 0 Å². The van der Waals surface area contributed by atoms with Crippen LogP contribution in [0.3, 0.4) is 0 Å². The molecule has 1 N–H and O–H groups in total. The van der Waals surface area contributed by atoms with Gasteiger partial charge in [0.1, 0.15) is 6.04 Å². The van der Waals surface area contributed by atoms with Crippen molar-refractivity contribution < 1.29 is 4.79 Å². The summed E-state index contributed by atoms with van der Waals surface area (Å²) in [6.45, 7) is 8.15. The summed E-state index contributed by atoms with van der Waals surface area (Å²) in [6, 6.07) is 3.91. The zero-order valence-electron chi connectivity index (χ0n) is 14.2. The lowest BCUT2D eigenvalue weighted by molar-refractivity contribution is -0.126. The van der Waals surface area contributed by atoms with Crippen molar-refractivity contribution in [1.82, 2.24) is 29.8 Å². The first-order chi connectivity index (χ1) is 10.9. The number of aromatic nitrogens is 4. The maximum atomic E-state index is 12.5. The smallest absolute Gasteiger partial charge is 0.246 e. The van der Waals surface area contributed by atoms with Crippen LogP contribution in [-0.4, -0.2) is 43.0 Å². The molecule has 7 nitrogen and oxygen atoms in total. The van der Waals surface area contributed by atoms with Gasteiger partial charge in [0.15, 0.2) is 0 Å². The van der Waals surface area contributed by atoms with Crippen LogP contribution < -0.4 is 5.32 Å². The predicted molar refractivity (Wildman–Crippen MR) is 86.6 cm³/mol. The molecule has 23 heavy (non-hydrogen) atoms. The molecule has 2 aromatic heterocycles. The van der Waals surface area contributed by atoms with Gasteiger partial charge in [0.05, 0.1) is 17.1 Å². The molecule has 0 radical (unpaired) electrons. The molecule has 0 spiro atoms. The summed E-state index contributed by atoms with van der Waals surface area (Å²) in [5, 5.41) is 11.7. The van der Waals surface area contributed by atoms with E-state index in [1.165, 1.54) is 0 Å². The maximum absolute atomic E-state index is 12.5. The van der Waals surface area contributed by atoms with Gasteiger partial charge in [-0.2, -0.15) is 10.2 Å². The molecule has 0 aliphatic carbocycles. The van der Waals surface area contributed by atoms with E-state index in [1.807, 2.05) is 43.2 Å². The standard InChI is InChI=1S/C16H24N6O/c1-11(2)18-16(23)15-10-21(8-13-5-6-17-22(13)15)9-14-7-12(3)19-20(14)4/h5-7,11,15H,8-10H2,1-4H3,(H,18,23)/t15-/m1/s1. The molecule has 1 aliphatic rings. The molecule has 1 atom stereocenters. The van der Waals surface area contributed by atoms with Gasteiger partial charge in [-0.1, -0.05) is 0 Å². The quantitative estimate of drug-likeness (QED) is 0.914. The number of fused-ring (bicyclic) bond motifs is 1. The summed E-state index contributed by atoms with van der Waals surface area (Å²) in [7, 11) is 1.96. The minimum Gasteiger partial charge on any atom is -0.352 e. The molecule has 0 aromatic carbocycles. The van der Waals surface area contributed by atoms with Gasteiger partial charge in [-0.25, -0.2) is 0 Å². The molecule has 0 fully saturated rings. The molecule has 3 heterocycles. The van der Waals surface area contributed by atoms with E-state index in [1.54, 1.807) is 6.20 Å². The number of carbonyl (C=O) groups excluding carboxylic acids is 1. The zero-order valence-corrected chi connectivity index (χ0v) is 14.2. The van der Waals surface area contributed by atoms with E-state index in [2.05, 4.69) is 26.5 Å². The third kappa shape index (κ3) is 3.29. The first-order valence-electron chi connectivity index (χ1n) is 7.98. The Morgan fingerprint density at radius 3 is 2.91 bits per heavy atom. The van der Waals surface area contributed by atoms with E-state index < -0.39 is 0 Å². The molecule has 3 rings (SSSR count). The lowest BCUT2D eigenvalue weighted by Crippen LogP contribution is -2.46. The monoisotopic (exact) mass is 316 g/mol. The van der Waals surface area contributed by atoms with Crippen molar-refractivity contribution in [1.29, 1.82) is 0 Å². The lowest BCUT2D eigenvalue weighted by atomic mass is 10.1. The average Bonchev–Trinajstić information content (AvgIpc) is 3.04. The van der Waals surface area contributed by atoms with Crippen molar-refractivity contribution in [3.63, 3.8) is 0 Å². The van der Waals surface area contributed by atoms with Crippen LogP contribution in [0.2, 0.25) is 0 Å². The Morgan fingerprint density at radius 1 is 1.48 bits per heavy atom. The summed E-state index contributed by atoms with van der Waals surface area (Å²) < 4.78 is 3.76. The van der Waals surface area contributed by atoms with Crippen LogP contribution in [0.1, 0.15) is 37.0 Å². The second kappa shape index (κ2) is 6.16. The average molecular weight is 316 g/mol. The Kier molecular flexibility index (Phi) is 4.21. The van der Waals surface area contributed by atoms with Gasteiger partial charge in [0.2, 0.25) is 5.91 Å². The van der Waals surface area contributed by atoms with Crippen LogP contribution in [-0.2, 0) is 24.9 Å². The van der Waals surface area contributed by atoms with Crippen molar-refractivity contribution in [2.75, 3.05) is 6.54 Å². The largest absolute Gasteiger partial charge is 0.352 e. The molecule has 124 valence electrons. The lowest BCUT2D eigenvalue weighted by Gasteiger charge is -2.33. The van der Waals surface area contributed by atoms with Crippen LogP contribution in [0.25, 0.3) is 0 Å². The van der Waals surface area contributed by atoms with Crippen molar-refractivity contribution >= 4 is 5.91 Å². The summed E-state index contributed by atoms with van der Waals surface area (Å²) in [5.74, 6) is 0.0239. The molecule has 0 bridgehead atoms. The molecule has 2 aromatic rings. The number of hydrogen-bond acceptors (Lipinski definition) is 4. The van der Waals surface area contributed by atoms with Gasteiger partial charge in [-0.3, -0.25) is 19.1 Å². The first kappa shape index (κ1) is 15.7. The minimum absolute atomic E-state index is 0.0239. The highest BCUT2D eigenvalue weighted by Crippen LogP contribution is 2.22. The number of nitrogens with one attached hydrogen (secondary N) is 1. The Morgan fingerprint density at radius 2 is 2.26 bits per heavy atom. The summed E-state index contributed by atoms with van der Waals surface area (Å²) in [5.41, 5.74) is 3.23. The predicted octanol–water partition coefficient (Wildman–Crippen LogP) is 1.01. The van der Waals surface area contributed by atoms with E-state index in [9.17, 15) is 4.79 Å².